The number of carbonyl (C=O) groups is 1. The number of aromatic nitrogens is 4. The number of hydrogen-bond donors (Lipinski definition) is 1. The highest BCUT2D eigenvalue weighted by Crippen LogP contribution is 2.22. The van der Waals surface area contributed by atoms with Gasteiger partial charge in [-0.15, -0.1) is 5.10 Å². The number of amides is 1. The zero-order valence-corrected chi connectivity index (χ0v) is 16.6. The van der Waals surface area contributed by atoms with Gasteiger partial charge in [-0.3, -0.25) is 4.79 Å². The van der Waals surface area contributed by atoms with Crippen molar-refractivity contribution in [3.8, 4) is 5.69 Å². The van der Waals surface area contributed by atoms with Crippen molar-refractivity contribution in [3.05, 3.63) is 53.6 Å². The van der Waals surface area contributed by atoms with E-state index < -0.39 is 0 Å². The largest absolute Gasteiger partial charge is 0.378 e. The van der Waals surface area contributed by atoms with E-state index in [2.05, 4.69) is 20.8 Å². The van der Waals surface area contributed by atoms with Crippen molar-refractivity contribution in [2.24, 2.45) is 0 Å². The van der Waals surface area contributed by atoms with E-state index in [9.17, 15) is 4.79 Å². The Labute approximate surface area is 162 Å². The number of nitrogens with zero attached hydrogens (tertiary/aromatic N) is 5. The second-order valence-electron chi connectivity index (χ2n) is 6.44. The maximum absolute atomic E-state index is 12.3. The Morgan fingerprint density at radius 2 is 1.89 bits per heavy atom. The Morgan fingerprint density at radius 1 is 1.15 bits per heavy atom. The maximum Gasteiger partial charge on any atom is 0.234 e. The van der Waals surface area contributed by atoms with Gasteiger partial charge in [-0.25, -0.2) is 0 Å². The van der Waals surface area contributed by atoms with Crippen LogP contribution in [0.1, 0.15) is 11.1 Å². The second-order valence-corrected chi connectivity index (χ2v) is 7.38. The van der Waals surface area contributed by atoms with Gasteiger partial charge in [-0.2, -0.15) is 4.68 Å². The van der Waals surface area contributed by atoms with Crippen molar-refractivity contribution < 1.29 is 4.79 Å². The minimum atomic E-state index is -0.104. The summed E-state index contributed by atoms with van der Waals surface area (Å²) in [6, 6.07) is 13.8. The van der Waals surface area contributed by atoms with Crippen LogP contribution in [0.5, 0.6) is 0 Å². The lowest BCUT2D eigenvalue weighted by Gasteiger charge is -2.13. The van der Waals surface area contributed by atoms with E-state index in [1.165, 1.54) is 11.8 Å². The highest BCUT2D eigenvalue weighted by Gasteiger charge is 2.13. The monoisotopic (exact) mass is 382 g/mol. The first-order valence-electron chi connectivity index (χ1n) is 8.50. The number of tetrazole rings is 1. The fraction of sp³-hybridized carbons (Fsp3) is 0.263. The zero-order chi connectivity index (χ0) is 19.4. The average molecular weight is 382 g/mol. The summed E-state index contributed by atoms with van der Waals surface area (Å²) in [6.45, 7) is 4.03. The second kappa shape index (κ2) is 8.22. The molecule has 0 saturated carbocycles. The van der Waals surface area contributed by atoms with Crippen molar-refractivity contribution in [1.29, 1.82) is 0 Å². The van der Waals surface area contributed by atoms with Gasteiger partial charge in [-0.05, 0) is 65.7 Å². The lowest BCUT2D eigenvalue weighted by Crippen LogP contribution is -2.15. The number of nitrogens with one attached hydrogen (secondary N) is 1. The van der Waals surface area contributed by atoms with Crippen molar-refractivity contribution >= 4 is 29.0 Å². The standard InChI is InChI=1S/C19H22N6OS/c1-13-5-6-14(2)17(11-13)25-19(21-22-23-25)27-12-18(26)20-15-7-9-16(10-8-15)24(3)4/h5-11H,12H2,1-4H3,(H,20,26). The minimum Gasteiger partial charge on any atom is -0.378 e. The third-order valence-electron chi connectivity index (χ3n) is 4.03. The van der Waals surface area contributed by atoms with Crippen molar-refractivity contribution in [1.82, 2.24) is 20.2 Å². The Morgan fingerprint density at radius 3 is 2.59 bits per heavy atom. The molecule has 0 atom stereocenters. The van der Waals surface area contributed by atoms with Crippen LogP contribution in [0.4, 0.5) is 11.4 Å². The summed E-state index contributed by atoms with van der Waals surface area (Å²) in [5, 5.41) is 15.4. The molecule has 0 fully saturated rings. The first-order valence-corrected chi connectivity index (χ1v) is 9.48. The minimum absolute atomic E-state index is 0.104. The molecule has 0 unspecified atom stereocenters. The third-order valence-corrected chi connectivity index (χ3v) is 4.95. The topological polar surface area (TPSA) is 75.9 Å². The van der Waals surface area contributed by atoms with Gasteiger partial charge in [0.25, 0.3) is 0 Å². The summed E-state index contributed by atoms with van der Waals surface area (Å²) < 4.78 is 1.67. The van der Waals surface area contributed by atoms with Crippen LogP contribution in [0.2, 0.25) is 0 Å². The van der Waals surface area contributed by atoms with Crippen molar-refractivity contribution in [2.75, 3.05) is 30.1 Å². The van der Waals surface area contributed by atoms with Crippen molar-refractivity contribution in [2.45, 2.75) is 19.0 Å². The third kappa shape index (κ3) is 4.65. The number of hydrogen-bond acceptors (Lipinski definition) is 6. The zero-order valence-electron chi connectivity index (χ0n) is 15.8. The fourth-order valence-electron chi connectivity index (χ4n) is 2.54. The molecule has 3 aromatic rings. The molecule has 2 aromatic carbocycles. The van der Waals surface area contributed by atoms with E-state index in [1.807, 2.05) is 75.3 Å². The molecule has 0 aliphatic rings. The molecule has 27 heavy (non-hydrogen) atoms. The van der Waals surface area contributed by atoms with Gasteiger partial charge in [0.05, 0.1) is 11.4 Å². The first-order chi connectivity index (χ1) is 12.9. The molecule has 1 amide bonds. The molecular weight excluding hydrogens is 360 g/mol. The molecule has 0 saturated heterocycles. The van der Waals surface area contributed by atoms with Crippen LogP contribution in [0.3, 0.4) is 0 Å². The summed E-state index contributed by atoms with van der Waals surface area (Å²) >= 11 is 1.31. The molecule has 0 bridgehead atoms. The number of aryl methyl sites for hydroxylation is 2. The molecule has 1 N–H and O–H groups in total. The number of rotatable bonds is 6. The molecule has 0 aliphatic carbocycles. The molecule has 3 rings (SSSR count). The fourth-order valence-corrected chi connectivity index (χ4v) is 3.22. The average Bonchev–Trinajstić information content (AvgIpc) is 3.11. The molecule has 1 heterocycles. The Hall–Kier alpha value is -2.87. The van der Waals surface area contributed by atoms with Gasteiger partial charge >= 0.3 is 0 Å². The SMILES string of the molecule is Cc1ccc(C)c(-n2nnnc2SCC(=O)Nc2ccc(N(C)C)cc2)c1. The summed E-state index contributed by atoms with van der Waals surface area (Å²) in [5.41, 5.74) is 4.96. The van der Waals surface area contributed by atoms with Crippen LogP contribution >= 0.6 is 11.8 Å². The molecular formula is C19H22N6OS. The van der Waals surface area contributed by atoms with E-state index in [-0.39, 0.29) is 11.7 Å². The molecule has 0 aliphatic heterocycles. The number of thioether (sulfide) groups is 1. The summed E-state index contributed by atoms with van der Waals surface area (Å²) in [5.74, 6) is 0.119. The molecule has 0 radical (unpaired) electrons. The van der Waals surface area contributed by atoms with E-state index in [0.717, 1.165) is 28.2 Å². The van der Waals surface area contributed by atoms with Crippen molar-refractivity contribution in [3.63, 3.8) is 0 Å². The molecule has 1 aromatic heterocycles. The van der Waals surface area contributed by atoms with Crippen LogP contribution in [-0.4, -0.2) is 46.0 Å². The number of anilines is 2. The summed E-state index contributed by atoms with van der Waals surface area (Å²) in [6.07, 6.45) is 0. The highest BCUT2D eigenvalue weighted by molar-refractivity contribution is 7.99. The quantitative estimate of drug-likeness (QED) is 0.660. The van der Waals surface area contributed by atoms with Crippen LogP contribution in [0.25, 0.3) is 5.69 Å². The van der Waals surface area contributed by atoms with Crippen LogP contribution in [0, 0.1) is 13.8 Å². The van der Waals surface area contributed by atoms with Gasteiger partial charge in [-0.1, -0.05) is 23.9 Å². The Kier molecular flexibility index (Phi) is 5.75. The molecule has 8 heteroatoms. The van der Waals surface area contributed by atoms with Gasteiger partial charge in [0.2, 0.25) is 11.1 Å². The lowest BCUT2D eigenvalue weighted by molar-refractivity contribution is -0.113. The Balaban J connectivity index is 1.65. The maximum atomic E-state index is 12.3. The predicted molar refractivity (Wildman–Crippen MR) is 109 cm³/mol. The van der Waals surface area contributed by atoms with Crippen LogP contribution in [0.15, 0.2) is 47.6 Å². The normalized spacial score (nSPS) is 10.7. The Bertz CT molecular complexity index is 936. The van der Waals surface area contributed by atoms with E-state index >= 15 is 0 Å². The molecule has 0 spiro atoms. The number of benzene rings is 2. The van der Waals surface area contributed by atoms with E-state index in [1.54, 1.807) is 4.68 Å². The van der Waals surface area contributed by atoms with Crippen LogP contribution in [-0.2, 0) is 4.79 Å². The summed E-state index contributed by atoms with van der Waals surface area (Å²) in [7, 11) is 3.95. The van der Waals surface area contributed by atoms with Gasteiger partial charge in [0.1, 0.15) is 0 Å². The van der Waals surface area contributed by atoms with Gasteiger partial charge in [0, 0.05) is 25.5 Å². The molecule has 7 nitrogen and oxygen atoms in total. The van der Waals surface area contributed by atoms with E-state index in [4.69, 9.17) is 0 Å². The smallest absolute Gasteiger partial charge is 0.234 e. The lowest BCUT2D eigenvalue weighted by atomic mass is 10.1. The van der Waals surface area contributed by atoms with Gasteiger partial charge in [0.15, 0.2) is 0 Å². The number of carbonyl (C=O) groups excluding carboxylic acids is 1. The van der Waals surface area contributed by atoms with Crippen LogP contribution < -0.4 is 10.2 Å². The highest BCUT2D eigenvalue weighted by atomic mass is 32.2. The summed E-state index contributed by atoms with van der Waals surface area (Å²) in [4.78, 5) is 14.3. The molecule has 140 valence electrons. The van der Waals surface area contributed by atoms with Gasteiger partial charge < -0.3 is 10.2 Å². The first kappa shape index (κ1) is 18.9. The predicted octanol–water partition coefficient (Wildman–Crippen LogP) is 3.08. The van der Waals surface area contributed by atoms with E-state index in [0.29, 0.717) is 5.16 Å².